The molecule has 1 aliphatic heterocycles. The number of nitrogens with one attached hydrogen (secondary N) is 1. The van der Waals surface area contributed by atoms with Crippen molar-refractivity contribution in [2.45, 2.75) is 6.42 Å². The van der Waals surface area contributed by atoms with Crippen LogP contribution >= 0.6 is 11.6 Å². The van der Waals surface area contributed by atoms with Gasteiger partial charge >= 0.3 is 0 Å². The summed E-state index contributed by atoms with van der Waals surface area (Å²) >= 11 is 6.06. The SMILES string of the molecule is O=C(CCN1CCN(c2cccc(Cl)c2)CC1)Nc1ccccc1. The van der Waals surface area contributed by atoms with Crippen LogP contribution in [0.3, 0.4) is 0 Å². The lowest BCUT2D eigenvalue weighted by Crippen LogP contribution is -2.47. The monoisotopic (exact) mass is 343 g/mol. The van der Waals surface area contributed by atoms with Crippen LogP contribution in [0.2, 0.25) is 5.02 Å². The third kappa shape index (κ3) is 4.73. The lowest BCUT2D eigenvalue weighted by atomic mass is 10.2. The van der Waals surface area contributed by atoms with Crippen molar-refractivity contribution in [3.63, 3.8) is 0 Å². The Morgan fingerprint density at radius 2 is 1.75 bits per heavy atom. The summed E-state index contributed by atoms with van der Waals surface area (Å²) in [5.41, 5.74) is 2.03. The predicted molar refractivity (Wildman–Crippen MR) is 99.8 cm³/mol. The molecule has 1 fully saturated rings. The lowest BCUT2D eigenvalue weighted by Gasteiger charge is -2.36. The number of benzene rings is 2. The Kier molecular flexibility index (Phi) is 5.72. The highest BCUT2D eigenvalue weighted by molar-refractivity contribution is 6.30. The first kappa shape index (κ1) is 16.8. The average molecular weight is 344 g/mol. The lowest BCUT2D eigenvalue weighted by molar-refractivity contribution is -0.116. The maximum Gasteiger partial charge on any atom is 0.225 e. The minimum atomic E-state index is 0.0680. The Morgan fingerprint density at radius 3 is 2.46 bits per heavy atom. The molecule has 1 saturated heterocycles. The molecular formula is C19H22ClN3O. The summed E-state index contributed by atoms with van der Waals surface area (Å²) in [6, 6.07) is 17.6. The minimum Gasteiger partial charge on any atom is -0.369 e. The van der Waals surface area contributed by atoms with Crippen LogP contribution in [-0.2, 0) is 4.79 Å². The number of para-hydroxylation sites is 1. The van der Waals surface area contributed by atoms with Crippen molar-refractivity contribution in [3.8, 4) is 0 Å². The van der Waals surface area contributed by atoms with Crippen molar-refractivity contribution in [2.75, 3.05) is 42.9 Å². The fourth-order valence-electron chi connectivity index (χ4n) is 2.91. The molecule has 1 aliphatic rings. The molecule has 126 valence electrons. The zero-order valence-electron chi connectivity index (χ0n) is 13.6. The van der Waals surface area contributed by atoms with Gasteiger partial charge in [0.25, 0.3) is 0 Å². The second kappa shape index (κ2) is 8.18. The summed E-state index contributed by atoms with van der Waals surface area (Å²) in [7, 11) is 0. The maximum absolute atomic E-state index is 12.0. The molecule has 0 unspecified atom stereocenters. The van der Waals surface area contributed by atoms with Crippen LogP contribution < -0.4 is 10.2 Å². The number of halogens is 1. The van der Waals surface area contributed by atoms with Gasteiger partial charge in [0, 0.05) is 55.5 Å². The fourth-order valence-corrected chi connectivity index (χ4v) is 3.09. The van der Waals surface area contributed by atoms with E-state index in [0.29, 0.717) is 6.42 Å². The van der Waals surface area contributed by atoms with Gasteiger partial charge in [-0.15, -0.1) is 0 Å². The first-order valence-electron chi connectivity index (χ1n) is 8.28. The fraction of sp³-hybridized carbons (Fsp3) is 0.316. The second-order valence-electron chi connectivity index (χ2n) is 5.97. The number of piperazine rings is 1. The smallest absolute Gasteiger partial charge is 0.225 e. The molecule has 0 bridgehead atoms. The highest BCUT2D eigenvalue weighted by Gasteiger charge is 2.18. The van der Waals surface area contributed by atoms with Crippen molar-refractivity contribution < 1.29 is 4.79 Å². The largest absolute Gasteiger partial charge is 0.369 e. The quantitative estimate of drug-likeness (QED) is 0.902. The van der Waals surface area contributed by atoms with E-state index in [-0.39, 0.29) is 5.91 Å². The highest BCUT2D eigenvalue weighted by Crippen LogP contribution is 2.20. The maximum atomic E-state index is 12.0. The molecular weight excluding hydrogens is 322 g/mol. The van der Waals surface area contributed by atoms with Crippen LogP contribution in [0.15, 0.2) is 54.6 Å². The van der Waals surface area contributed by atoms with E-state index in [1.54, 1.807) is 0 Å². The molecule has 0 aromatic heterocycles. The molecule has 2 aromatic rings. The van der Waals surface area contributed by atoms with Gasteiger partial charge in [-0.2, -0.15) is 0 Å². The van der Waals surface area contributed by atoms with E-state index in [1.807, 2.05) is 48.5 Å². The Morgan fingerprint density at radius 1 is 1.00 bits per heavy atom. The molecule has 0 atom stereocenters. The van der Waals surface area contributed by atoms with Gasteiger partial charge in [0.2, 0.25) is 5.91 Å². The number of hydrogen-bond donors (Lipinski definition) is 1. The zero-order chi connectivity index (χ0) is 16.8. The number of anilines is 2. The molecule has 0 spiro atoms. The van der Waals surface area contributed by atoms with Crippen molar-refractivity contribution in [2.24, 2.45) is 0 Å². The Hall–Kier alpha value is -2.04. The average Bonchev–Trinajstić information content (AvgIpc) is 2.61. The molecule has 3 rings (SSSR count). The molecule has 1 heterocycles. The first-order chi connectivity index (χ1) is 11.7. The summed E-state index contributed by atoms with van der Waals surface area (Å²) in [6.07, 6.45) is 0.520. The van der Waals surface area contributed by atoms with Gasteiger partial charge in [0.15, 0.2) is 0 Å². The van der Waals surface area contributed by atoms with Gasteiger partial charge in [-0.05, 0) is 30.3 Å². The third-order valence-corrected chi connectivity index (χ3v) is 4.49. The van der Waals surface area contributed by atoms with Crippen LogP contribution in [-0.4, -0.2) is 43.5 Å². The van der Waals surface area contributed by atoms with E-state index in [4.69, 9.17) is 11.6 Å². The molecule has 1 N–H and O–H groups in total. The van der Waals surface area contributed by atoms with Crippen LogP contribution in [0.5, 0.6) is 0 Å². The molecule has 0 aliphatic carbocycles. The Balaban J connectivity index is 1.42. The first-order valence-corrected chi connectivity index (χ1v) is 8.66. The zero-order valence-corrected chi connectivity index (χ0v) is 14.4. The van der Waals surface area contributed by atoms with Crippen molar-refractivity contribution in [1.82, 2.24) is 4.90 Å². The van der Waals surface area contributed by atoms with E-state index in [9.17, 15) is 4.79 Å². The molecule has 2 aromatic carbocycles. The van der Waals surface area contributed by atoms with Gasteiger partial charge in [-0.25, -0.2) is 0 Å². The van der Waals surface area contributed by atoms with Crippen LogP contribution in [0.25, 0.3) is 0 Å². The summed E-state index contributed by atoms with van der Waals surface area (Å²) in [6.45, 7) is 4.64. The second-order valence-corrected chi connectivity index (χ2v) is 6.41. The molecule has 4 nitrogen and oxygen atoms in total. The number of rotatable bonds is 5. The van der Waals surface area contributed by atoms with Gasteiger partial charge in [-0.1, -0.05) is 35.9 Å². The number of carbonyl (C=O) groups is 1. The topological polar surface area (TPSA) is 35.6 Å². The number of carbonyl (C=O) groups excluding carboxylic acids is 1. The number of amides is 1. The van der Waals surface area contributed by atoms with E-state index >= 15 is 0 Å². The number of nitrogens with zero attached hydrogens (tertiary/aromatic N) is 2. The summed E-state index contributed by atoms with van der Waals surface area (Å²) in [5, 5.41) is 3.70. The van der Waals surface area contributed by atoms with Crippen molar-refractivity contribution in [1.29, 1.82) is 0 Å². The Bertz CT molecular complexity index is 669. The molecule has 1 amide bonds. The van der Waals surface area contributed by atoms with E-state index in [1.165, 1.54) is 5.69 Å². The van der Waals surface area contributed by atoms with E-state index in [0.717, 1.165) is 43.4 Å². The van der Waals surface area contributed by atoms with Crippen LogP contribution in [0, 0.1) is 0 Å². The highest BCUT2D eigenvalue weighted by atomic mass is 35.5. The third-order valence-electron chi connectivity index (χ3n) is 4.26. The van der Waals surface area contributed by atoms with Crippen molar-refractivity contribution in [3.05, 3.63) is 59.6 Å². The summed E-state index contributed by atoms with van der Waals surface area (Å²) in [5.74, 6) is 0.0680. The number of hydrogen-bond acceptors (Lipinski definition) is 3. The minimum absolute atomic E-state index is 0.0680. The van der Waals surface area contributed by atoms with Crippen molar-refractivity contribution >= 4 is 28.9 Å². The van der Waals surface area contributed by atoms with Gasteiger partial charge < -0.3 is 10.2 Å². The molecule has 24 heavy (non-hydrogen) atoms. The summed E-state index contributed by atoms with van der Waals surface area (Å²) in [4.78, 5) is 16.7. The van der Waals surface area contributed by atoms with E-state index < -0.39 is 0 Å². The van der Waals surface area contributed by atoms with Crippen LogP contribution in [0.1, 0.15) is 6.42 Å². The molecule has 0 saturated carbocycles. The predicted octanol–water partition coefficient (Wildman–Crippen LogP) is 3.49. The van der Waals surface area contributed by atoms with Gasteiger partial charge in [-0.3, -0.25) is 9.69 Å². The van der Waals surface area contributed by atoms with Gasteiger partial charge in [0.05, 0.1) is 0 Å². The molecule has 5 heteroatoms. The van der Waals surface area contributed by atoms with Crippen LogP contribution in [0.4, 0.5) is 11.4 Å². The van der Waals surface area contributed by atoms with E-state index in [2.05, 4.69) is 21.2 Å². The summed E-state index contributed by atoms with van der Waals surface area (Å²) < 4.78 is 0. The normalized spacial score (nSPS) is 15.3. The Labute approximate surface area is 148 Å². The molecule has 0 radical (unpaired) electrons. The standard InChI is InChI=1S/C19H22ClN3O/c20-16-5-4-8-18(15-16)23-13-11-22(12-14-23)10-9-19(24)21-17-6-2-1-3-7-17/h1-8,15H,9-14H2,(H,21,24). The van der Waals surface area contributed by atoms with Gasteiger partial charge in [0.1, 0.15) is 0 Å².